The van der Waals surface area contributed by atoms with Gasteiger partial charge in [0, 0.05) is 6.42 Å². The van der Waals surface area contributed by atoms with Gasteiger partial charge in [-0.15, -0.1) is 11.3 Å². The summed E-state index contributed by atoms with van der Waals surface area (Å²) in [6, 6.07) is 1.87. The first kappa shape index (κ1) is 10.7. The number of hydrogen-bond donors (Lipinski definition) is 0. The second kappa shape index (κ2) is 4.79. The first-order valence-corrected chi connectivity index (χ1v) is 6.34. The molecule has 1 aliphatic rings. The van der Waals surface area contributed by atoms with E-state index in [0.717, 1.165) is 10.6 Å². The Labute approximate surface area is 94.3 Å². The minimum atomic E-state index is 0.258. The van der Waals surface area contributed by atoms with Crippen LogP contribution in [0, 0.1) is 5.92 Å². The Kier molecular flexibility index (Phi) is 3.41. The average Bonchev–Trinajstić information content (AvgIpc) is 2.86. The smallest absolute Gasteiger partial charge is 0.176 e. The molecule has 0 radical (unpaired) electrons. The number of hydrogen-bond acceptors (Lipinski definition) is 3. The third-order valence-electron chi connectivity index (χ3n) is 3.05. The van der Waals surface area contributed by atoms with E-state index in [1.165, 1.54) is 37.0 Å². The SMILES string of the molecule is COc1ccsc1C(=O)CC1CCCC1. The number of ether oxygens (including phenoxy) is 1. The first-order valence-electron chi connectivity index (χ1n) is 5.46. The predicted octanol–water partition coefficient (Wildman–Crippen LogP) is 3.52. The van der Waals surface area contributed by atoms with Crippen LogP contribution in [0.4, 0.5) is 0 Å². The Morgan fingerprint density at radius 1 is 1.53 bits per heavy atom. The topological polar surface area (TPSA) is 26.3 Å². The van der Waals surface area contributed by atoms with Crippen molar-refractivity contribution in [1.82, 2.24) is 0 Å². The molecule has 1 aliphatic carbocycles. The molecule has 2 nitrogen and oxygen atoms in total. The van der Waals surface area contributed by atoms with Gasteiger partial charge in [0.25, 0.3) is 0 Å². The van der Waals surface area contributed by atoms with Crippen molar-refractivity contribution in [3.8, 4) is 5.75 Å². The van der Waals surface area contributed by atoms with E-state index in [2.05, 4.69) is 0 Å². The summed E-state index contributed by atoms with van der Waals surface area (Å²) in [6.45, 7) is 0. The Balaban J connectivity index is 2.00. The fourth-order valence-electron chi connectivity index (χ4n) is 2.23. The molecular weight excluding hydrogens is 208 g/mol. The molecule has 1 heterocycles. The minimum Gasteiger partial charge on any atom is -0.495 e. The van der Waals surface area contributed by atoms with Crippen LogP contribution >= 0.6 is 11.3 Å². The molecule has 0 aromatic carbocycles. The van der Waals surface area contributed by atoms with Gasteiger partial charge in [-0.25, -0.2) is 0 Å². The number of Topliss-reactive ketones (excluding diaryl/α,β-unsaturated/α-hetero) is 1. The summed E-state index contributed by atoms with van der Waals surface area (Å²) < 4.78 is 5.16. The van der Waals surface area contributed by atoms with E-state index in [1.807, 2.05) is 11.4 Å². The van der Waals surface area contributed by atoms with Gasteiger partial charge in [0.15, 0.2) is 5.78 Å². The van der Waals surface area contributed by atoms with Crippen molar-refractivity contribution in [2.75, 3.05) is 7.11 Å². The van der Waals surface area contributed by atoms with Crippen molar-refractivity contribution < 1.29 is 9.53 Å². The molecule has 0 unspecified atom stereocenters. The lowest BCUT2D eigenvalue weighted by atomic mass is 10.0. The highest BCUT2D eigenvalue weighted by Gasteiger charge is 2.21. The van der Waals surface area contributed by atoms with Gasteiger partial charge in [-0.2, -0.15) is 0 Å². The van der Waals surface area contributed by atoms with Crippen LogP contribution in [0.3, 0.4) is 0 Å². The predicted molar refractivity (Wildman–Crippen MR) is 61.8 cm³/mol. The summed E-state index contributed by atoms with van der Waals surface area (Å²) >= 11 is 1.49. The standard InChI is InChI=1S/C12H16O2S/c1-14-11-6-7-15-12(11)10(13)8-9-4-2-3-5-9/h6-7,9H,2-5,8H2,1H3. The van der Waals surface area contributed by atoms with Gasteiger partial charge >= 0.3 is 0 Å². The van der Waals surface area contributed by atoms with Crippen molar-refractivity contribution in [2.45, 2.75) is 32.1 Å². The number of carbonyl (C=O) groups excluding carboxylic acids is 1. The van der Waals surface area contributed by atoms with E-state index in [4.69, 9.17) is 4.74 Å². The summed E-state index contributed by atoms with van der Waals surface area (Å²) in [7, 11) is 1.62. The quantitative estimate of drug-likeness (QED) is 0.731. The van der Waals surface area contributed by atoms with Gasteiger partial charge in [-0.05, 0) is 17.4 Å². The molecule has 0 atom stereocenters. The van der Waals surface area contributed by atoms with Crippen molar-refractivity contribution in [3.05, 3.63) is 16.3 Å². The zero-order valence-electron chi connectivity index (χ0n) is 8.99. The van der Waals surface area contributed by atoms with Gasteiger partial charge in [-0.1, -0.05) is 25.7 Å². The second-order valence-electron chi connectivity index (χ2n) is 4.10. The number of carbonyl (C=O) groups is 1. The van der Waals surface area contributed by atoms with E-state index in [0.29, 0.717) is 12.3 Å². The molecule has 0 amide bonds. The minimum absolute atomic E-state index is 0.258. The first-order chi connectivity index (χ1) is 7.31. The summed E-state index contributed by atoms with van der Waals surface area (Å²) in [6.07, 6.45) is 5.73. The second-order valence-corrected chi connectivity index (χ2v) is 5.01. The molecule has 1 saturated carbocycles. The Hall–Kier alpha value is -0.830. The normalized spacial score (nSPS) is 16.9. The van der Waals surface area contributed by atoms with Crippen LogP contribution in [-0.4, -0.2) is 12.9 Å². The molecule has 0 saturated heterocycles. The lowest BCUT2D eigenvalue weighted by Gasteiger charge is -2.07. The van der Waals surface area contributed by atoms with Crippen LogP contribution in [0.1, 0.15) is 41.8 Å². The monoisotopic (exact) mass is 224 g/mol. The molecule has 15 heavy (non-hydrogen) atoms. The molecule has 0 spiro atoms. The molecule has 0 aliphatic heterocycles. The Morgan fingerprint density at radius 3 is 2.93 bits per heavy atom. The van der Waals surface area contributed by atoms with Gasteiger partial charge in [0.2, 0.25) is 0 Å². The molecule has 2 rings (SSSR count). The van der Waals surface area contributed by atoms with Crippen LogP contribution in [0.25, 0.3) is 0 Å². The summed E-state index contributed by atoms with van der Waals surface area (Å²) in [5.74, 6) is 1.61. The maximum absolute atomic E-state index is 12.0. The summed E-state index contributed by atoms with van der Waals surface area (Å²) in [4.78, 5) is 12.8. The lowest BCUT2D eigenvalue weighted by molar-refractivity contribution is 0.0963. The molecule has 1 fully saturated rings. The average molecular weight is 224 g/mol. The van der Waals surface area contributed by atoms with E-state index >= 15 is 0 Å². The third kappa shape index (κ3) is 2.40. The maximum atomic E-state index is 12.0. The molecule has 0 bridgehead atoms. The number of ketones is 1. The highest BCUT2D eigenvalue weighted by molar-refractivity contribution is 7.12. The summed E-state index contributed by atoms with van der Waals surface area (Å²) in [5, 5.41) is 1.92. The van der Waals surface area contributed by atoms with Crippen LogP contribution in [0.5, 0.6) is 5.75 Å². The fraction of sp³-hybridized carbons (Fsp3) is 0.583. The number of rotatable bonds is 4. The zero-order chi connectivity index (χ0) is 10.7. The largest absolute Gasteiger partial charge is 0.495 e. The van der Waals surface area contributed by atoms with Crippen molar-refractivity contribution in [1.29, 1.82) is 0 Å². The molecular formula is C12H16O2S. The highest BCUT2D eigenvalue weighted by Crippen LogP contribution is 2.32. The molecule has 0 N–H and O–H groups in total. The molecule has 1 aromatic rings. The van der Waals surface area contributed by atoms with Crippen LogP contribution in [-0.2, 0) is 0 Å². The molecule has 82 valence electrons. The molecule has 1 aromatic heterocycles. The van der Waals surface area contributed by atoms with E-state index in [1.54, 1.807) is 7.11 Å². The van der Waals surface area contributed by atoms with Crippen LogP contribution in [0.15, 0.2) is 11.4 Å². The Bertz CT molecular complexity index is 337. The highest BCUT2D eigenvalue weighted by atomic mass is 32.1. The Morgan fingerprint density at radius 2 is 2.27 bits per heavy atom. The van der Waals surface area contributed by atoms with Crippen LogP contribution in [0.2, 0.25) is 0 Å². The van der Waals surface area contributed by atoms with E-state index in [-0.39, 0.29) is 5.78 Å². The van der Waals surface area contributed by atoms with Gasteiger partial charge in [0.05, 0.1) is 7.11 Å². The van der Waals surface area contributed by atoms with Crippen molar-refractivity contribution >= 4 is 17.1 Å². The van der Waals surface area contributed by atoms with Crippen molar-refractivity contribution in [3.63, 3.8) is 0 Å². The summed E-state index contributed by atoms with van der Waals surface area (Å²) in [5.41, 5.74) is 0. The van der Waals surface area contributed by atoms with Gasteiger partial charge in [-0.3, -0.25) is 4.79 Å². The number of methoxy groups -OCH3 is 1. The van der Waals surface area contributed by atoms with Crippen LogP contribution < -0.4 is 4.74 Å². The van der Waals surface area contributed by atoms with E-state index < -0.39 is 0 Å². The lowest BCUT2D eigenvalue weighted by Crippen LogP contribution is -2.05. The zero-order valence-corrected chi connectivity index (χ0v) is 9.81. The number of thiophene rings is 1. The third-order valence-corrected chi connectivity index (χ3v) is 3.99. The maximum Gasteiger partial charge on any atom is 0.176 e. The van der Waals surface area contributed by atoms with Gasteiger partial charge in [0.1, 0.15) is 10.6 Å². The van der Waals surface area contributed by atoms with Gasteiger partial charge < -0.3 is 4.74 Å². The molecule has 3 heteroatoms. The van der Waals surface area contributed by atoms with E-state index in [9.17, 15) is 4.79 Å². The fourth-order valence-corrected chi connectivity index (χ4v) is 3.04. The van der Waals surface area contributed by atoms with Crippen molar-refractivity contribution in [2.24, 2.45) is 5.92 Å².